The second-order valence-electron chi connectivity index (χ2n) is 3.70. The van der Waals surface area contributed by atoms with Crippen molar-refractivity contribution in [2.75, 3.05) is 5.73 Å². The van der Waals surface area contributed by atoms with Crippen molar-refractivity contribution in [2.45, 2.75) is 26.3 Å². The summed E-state index contributed by atoms with van der Waals surface area (Å²) in [6.45, 7) is 4.11. The van der Waals surface area contributed by atoms with Gasteiger partial charge < -0.3 is 10.3 Å². The van der Waals surface area contributed by atoms with E-state index in [2.05, 4.69) is 11.9 Å². The first-order chi connectivity index (χ1) is 7.15. The Morgan fingerprint density at radius 3 is 2.93 bits per heavy atom. The zero-order valence-corrected chi connectivity index (χ0v) is 8.87. The number of hydrogen-bond acceptors (Lipinski definition) is 2. The highest BCUT2D eigenvalue weighted by atomic mass is 19.1. The van der Waals surface area contributed by atoms with Gasteiger partial charge in [0.15, 0.2) is 5.82 Å². The predicted octanol–water partition coefficient (Wildman–Crippen LogP) is 2.73. The fraction of sp³-hybridized carbons (Fsp3) is 0.364. The van der Waals surface area contributed by atoms with Gasteiger partial charge in [0, 0.05) is 6.04 Å². The minimum atomic E-state index is -0.318. The fourth-order valence-electron chi connectivity index (χ4n) is 1.75. The molecule has 2 rings (SSSR count). The molecule has 1 atom stereocenters. The lowest BCUT2D eigenvalue weighted by atomic mass is 10.2. The van der Waals surface area contributed by atoms with Gasteiger partial charge in [-0.3, -0.25) is 0 Å². The topological polar surface area (TPSA) is 43.8 Å². The van der Waals surface area contributed by atoms with Gasteiger partial charge in [0.1, 0.15) is 5.52 Å². The van der Waals surface area contributed by atoms with Gasteiger partial charge >= 0.3 is 0 Å². The summed E-state index contributed by atoms with van der Waals surface area (Å²) in [7, 11) is 0. The minimum Gasteiger partial charge on any atom is -0.369 e. The van der Waals surface area contributed by atoms with Gasteiger partial charge in [-0.25, -0.2) is 9.37 Å². The van der Waals surface area contributed by atoms with E-state index < -0.39 is 0 Å². The van der Waals surface area contributed by atoms with Crippen LogP contribution in [0.5, 0.6) is 0 Å². The van der Waals surface area contributed by atoms with Gasteiger partial charge in [-0.2, -0.15) is 0 Å². The first kappa shape index (κ1) is 9.96. The molecule has 0 saturated carbocycles. The molecular weight excluding hydrogens is 193 g/mol. The van der Waals surface area contributed by atoms with Crippen LogP contribution >= 0.6 is 0 Å². The number of nitrogens with two attached hydrogens (primary N) is 1. The van der Waals surface area contributed by atoms with E-state index in [1.165, 1.54) is 6.07 Å². The van der Waals surface area contributed by atoms with E-state index in [0.29, 0.717) is 11.5 Å². The van der Waals surface area contributed by atoms with Crippen molar-refractivity contribution in [3.63, 3.8) is 0 Å². The highest BCUT2D eigenvalue weighted by Crippen LogP contribution is 2.25. The Balaban J connectivity index is 2.73. The number of hydrogen-bond donors (Lipinski definition) is 1. The highest BCUT2D eigenvalue weighted by Gasteiger charge is 2.14. The third-order valence-corrected chi connectivity index (χ3v) is 2.73. The maximum atomic E-state index is 13.4. The molecule has 0 saturated heterocycles. The summed E-state index contributed by atoms with van der Waals surface area (Å²) in [4.78, 5) is 4.05. The SMILES string of the molecule is CCC(C)n1c(N)nc2c(F)cccc21. The van der Waals surface area contributed by atoms with Crippen LogP contribution in [0.2, 0.25) is 0 Å². The molecule has 80 valence electrons. The Morgan fingerprint density at radius 2 is 2.27 bits per heavy atom. The molecule has 4 heteroatoms. The number of benzene rings is 1. The highest BCUT2D eigenvalue weighted by molar-refractivity contribution is 5.79. The van der Waals surface area contributed by atoms with E-state index in [1.807, 2.05) is 17.6 Å². The summed E-state index contributed by atoms with van der Waals surface area (Å²) < 4.78 is 15.3. The number of halogens is 1. The fourth-order valence-corrected chi connectivity index (χ4v) is 1.75. The molecule has 1 aromatic heterocycles. The van der Waals surface area contributed by atoms with E-state index in [1.54, 1.807) is 6.07 Å². The van der Waals surface area contributed by atoms with Crippen molar-refractivity contribution in [3.8, 4) is 0 Å². The van der Waals surface area contributed by atoms with Crippen LogP contribution in [0.15, 0.2) is 18.2 Å². The van der Waals surface area contributed by atoms with Crippen molar-refractivity contribution in [1.29, 1.82) is 0 Å². The zero-order chi connectivity index (χ0) is 11.0. The normalized spacial score (nSPS) is 13.3. The monoisotopic (exact) mass is 207 g/mol. The molecule has 1 unspecified atom stereocenters. The summed E-state index contributed by atoms with van der Waals surface area (Å²) in [5, 5.41) is 0. The first-order valence-electron chi connectivity index (χ1n) is 5.07. The molecular formula is C11H14FN3. The summed E-state index contributed by atoms with van der Waals surface area (Å²) in [6, 6.07) is 5.15. The van der Waals surface area contributed by atoms with Crippen molar-refractivity contribution in [1.82, 2.24) is 9.55 Å². The predicted molar refractivity (Wildman–Crippen MR) is 59.1 cm³/mol. The molecule has 2 N–H and O–H groups in total. The molecule has 0 aliphatic carbocycles. The summed E-state index contributed by atoms with van der Waals surface area (Å²) in [6.07, 6.45) is 0.937. The lowest BCUT2D eigenvalue weighted by Crippen LogP contribution is -2.07. The van der Waals surface area contributed by atoms with E-state index in [9.17, 15) is 4.39 Å². The van der Waals surface area contributed by atoms with Crippen molar-refractivity contribution < 1.29 is 4.39 Å². The van der Waals surface area contributed by atoms with Crippen LogP contribution in [0.4, 0.5) is 10.3 Å². The summed E-state index contributed by atoms with van der Waals surface area (Å²) in [5.41, 5.74) is 6.91. The maximum absolute atomic E-state index is 13.4. The minimum absolute atomic E-state index is 0.233. The molecule has 15 heavy (non-hydrogen) atoms. The second kappa shape index (κ2) is 3.53. The molecule has 1 heterocycles. The number of imidazole rings is 1. The molecule has 0 aliphatic heterocycles. The van der Waals surface area contributed by atoms with E-state index in [0.717, 1.165) is 11.9 Å². The van der Waals surface area contributed by atoms with Crippen LogP contribution in [-0.2, 0) is 0 Å². The van der Waals surface area contributed by atoms with Crippen molar-refractivity contribution >= 4 is 17.0 Å². The first-order valence-corrected chi connectivity index (χ1v) is 5.07. The molecule has 1 aromatic carbocycles. The van der Waals surface area contributed by atoms with Crippen LogP contribution in [0.3, 0.4) is 0 Å². The molecule has 2 aromatic rings. The van der Waals surface area contributed by atoms with Gasteiger partial charge in [0.2, 0.25) is 5.95 Å². The molecule has 0 radical (unpaired) electrons. The van der Waals surface area contributed by atoms with Crippen molar-refractivity contribution in [2.24, 2.45) is 0 Å². The van der Waals surface area contributed by atoms with Gasteiger partial charge in [0.05, 0.1) is 5.52 Å². The Hall–Kier alpha value is -1.58. The third kappa shape index (κ3) is 1.46. The van der Waals surface area contributed by atoms with Crippen LogP contribution in [0.25, 0.3) is 11.0 Å². The van der Waals surface area contributed by atoms with Gasteiger partial charge in [-0.15, -0.1) is 0 Å². The Kier molecular flexibility index (Phi) is 2.34. The second-order valence-corrected chi connectivity index (χ2v) is 3.70. The van der Waals surface area contributed by atoms with E-state index in [-0.39, 0.29) is 11.9 Å². The number of nitrogen functional groups attached to an aromatic ring is 1. The number of rotatable bonds is 2. The van der Waals surface area contributed by atoms with Crippen LogP contribution in [-0.4, -0.2) is 9.55 Å². The van der Waals surface area contributed by atoms with Crippen LogP contribution in [0.1, 0.15) is 26.3 Å². The molecule has 0 bridgehead atoms. The Morgan fingerprint density at radius 1 is 1.53 bits per heavy atom. The summed E-state index contributed by atoms with van der Waals surface area (Å²) >= 11 is 0. The lowest BCUT2D eigenvalue weighted by molar-refractivity contribution is 0.551. The maximum Gasteiger partial charge on any atom is 0.201 e. The van der Waals surface area contributed by atoms with Gasteiger partial charge in [-0.1, -0.05) is 13.0 Å². The number of nitrogens with zero attached hydrogens (tertiary/aromatic N) is 2. The standard InChI is InChI=1S/C11H14FN3/c1-3-7(2)15-9-6-4-5-8(12)10(9)14-11(15)13/h4-7H,3H2,1-2H3,(H2,13,14). The Labute approximate surface area is 87.7 Å². The van der Waals surface area contributed by atoms with Crippen molar-refractivity contribution in [3.05, 3.63) is 24.0 Å². The zero-order valence-electron chi connectivity index (χ0n) is 8.87. The number of aromatic nitrogens is 2. The molecule has 0 aliphatic rings. The van der Waals surface area contributed by atoms with Crippen LogP contribution < -0.4 is 5.73 Å². The quantitative estimate of drug-likeness (QED) is 0.822. The number of fused-ring (bicyclic) bond motifs is 1. The average molecular weight is 207 g/mol. The van der Waals surface area contributed by atoms with E-state index >= 15 is 0 Å². The van der Waals surface area contributed by atoms with Gasteiger partial charge in [0.25, 0.3) is 0 Å². The molecule has 3 nitrogen and oxygen atoms in total. The summed E-state index contributed by atoms with van der Waals surface area (Å²) in [5.74, 6) is 0.0608. The largest absolute Gasteiger partial charge is 0.369 e. The molecule has 0 fully saturated rings. The van der Waals surface area contributed by atoms with Gasteiger partial charge in [-0.05, 0) is 25.5 Å². The number of anilines is 1. The molecule has 0 spiro atoms. The average Bonchev–Trinajstić information content (AvgIpc) is 2.55. The molecule has 0 amide bonds. The van der Waals surface area contributed by atoms with E-state index in [4.69, 9.17) is 5.73 Å². The smallest absolute Gasteiger partial charge is 0.201 e. The lowest BCUT2D eigenvalue weighted by Gasteiger charge is -2.13. The Bertz CT molecular complexity index is 490. The van der Waals surface area contributed by atoms with Crippen LogP contribution in [0, 0.1) is 5.82 Å². The third-order valence-electron chi connectivity index (χ3n) is 2.73. The number of para-hydroxylation sites is 1.